The number of amides is 2. The van der Waals surface area contributed by atoms with Gasteiger partial charge in [0, 0.05) is 23.1 Å². The molecule has 2 aromatic rings. The molecule has 2 amide bonds. The molecule has 8 nitrogen and oxygen atoms in total. The first-order chi connectivity index (χ1) is 14.7. The van der Waals surface area contributed by atoms with Crippen molar-refractivity contribution in [3.05, 3.63) is 52.5 Å². The molecule has 0 aliphatic heterocycles. The van der Waals surface area contributed by atoms with Crippen LogP contribution in [0.5, 0.6) is 0 Å². The van der Waals surface area contributed by atoms with Gasteiger partial charge in [-0.15, -0.1) is 4.91 Å². The summed E-state index contributed by atoms with van der Waals surface area (Å²) in [5, 5.41) is 9.17. The van der Waals surface area contributed by atoms with Crippen LogP contribution in [0.2, 0.25) is 0 Å². The van der Waals surface area contributed by atoms with Crippen LogP contribution in [-0.4, -0.2) is 22.0 Å². The van der Waals surface area contributed by atoms with E-state index >= 15 is 0 Å². The first-order valence-electron chi connectivity index (χ1n) is 10.7. The SMILES string of the molecule is O=NC(=O)C[C@@H](CCCC1CCCCC1)c1nc(CNC(=O)c2ccccc2)no1. The van der Waals surface area contributed by atoms with Crippen LogP contribution in [0.3, 0.4) is 0 Å². The van der Waals surface area contributed by atoms with E-state index < -0.39 is 5.91 Å². The maximum Gasteiger partial charge on any atom is 0.287 e. The molecule has 3 rings (SSSR count). The molecule has 1 aromatic heterocycles. The highest BCUT2D eigenvalue weighted by Gasteiger charge is 2.24. The third-order valence-electron chi connectivity index (χ3n) is 5.69. The fourth-order valence-corrected chi connectivity index (χ4v) is 4.05. The maximum atomic E-state index is 12.1. The van der Waals surface area contributed by atoms with E-state index in [1.165, 1.54) is 32.1 Å². The molecule has 0 bridgehead atoms. The van der Waals surface area contributed by atoms with Crippen LogP contribution in [0, 0.1) is 10.8 Å². The van der Waals surface area contributed by atoms with E-state index in [0.29, 0.717) is 23.7 Å². The number of aromatic nitrogens is 2. The molecule has 0 radical (unpaired) electrons. The lowest BCUT2D eigenvalue weighted by Crippen LogP contribution is -2.23. The molecule has 1 aliphatic rings. The summed E-state index contributed by atoms with van der Waals surface area (Å²) in [6.45, 7) is 0.117. The average Bonchev–Trinajstić information content (AvgIpc) is 3.27. The van der Waals surface area contributed by atoms with Crippen molar-refractivity contribution in [1.29, 1.82) is 0 Å². The van der Waals surface area contributed by atoms with E-state index in [1.807, 2.05) is 6.07 Å². The lowest BCUT2D eigenvalue weighted by atomic mass is 9.84. The van der Waals surface area contributed by atoms with Crippen LogP contribution < -0.4 is 5.32 Å². The molecule has 30 heavy (non-hydrogen) atoms. The minimum atomic E-state index is -0.713. The summed E-state index contributed by atoms with van der Waals surface area (Å²) in [6, 6.07) is 8.86. The topological polar surface area (TPSA) is 115 Å². The Kier molecular flexibility index (Phi) is 8.23. The molecular formula is C22H28N4O4. The van der Waals surface area contributed by atoms with Gasteiger partial charge in [-0.1, -0.05) is 68.3 Å². The Morgan fingerprint density at radius 2 is 1.93 bits per heavy atom. The van der Waals surface area contributed by atoms with Crippen molar-refractivity contribution in [2.75, 3.05) is 0 Å². The van der Waals surface area contributed by atoms with Gasteiger partial charge in [0.1, 0.15) is 0 Å². The smallest absolute Gasteiger partial charge is 0.287 e. The fraction of sp³-hybridized carbons (Fsp3) is 0.545. The largest absolute Gasteiger partial charge is 0.345 e. The number of carbonyl (C=O) groups excluding carboxylic acids is 2. The summed E-state index contributed by atoms with van der Waals surface area (Å²) >= 11 is 0. The lowest BCUT2D eigenvalue weighted by molar-refractivity contribution is -0.118. The van der Waals surface area contributed by atoms with Gasteiger partial charge in [-0.2, -0.15) is 4.98 Å². The molecule has 1 aromatic carbocycles. The number of nitrogens with zero attached hydrogens (tertiary/aromatic N) is 3. The normalized spacial score (nSPS) is 15.5. The molecule has 8 heteroatoms. The number of nitrogens with one attached hydrogen (secondary N) is 1. The van der Waals surface area contributed by atoms with Crippen molar-refractivity contribution in [2.45, 2.75) is 70.3 Å². The van der Waals surface area contributed by atoms with E-state index in [0.717, 1.165) is 18.8 Å². The van der Waals surface area contributed by atoms with Gasteiger partial charge in [0.05, 0.1) is 6.54 Å². The zero-order valence-corrected chi connectivity index (χ0v) is 17.1. The molecule has 1 atom stereocenters. The maximum absolute atomic E-state index is 12.1. The lowest BCUT2D eigenvalue weighted by Gasteiger charge is -2.21. The molecule has 1 aliphatic carbocycles. The molecule has 1 fully saturated rings. The van der Waals surface area contributed by atoms with Crippen molar-refractivity contribution in [3.8, 4) is 0 Å². The third-order valence-corrected chi connectivity index (χ3v) is 5.69. The highest BCUT2D eigenvalue weighted by Crippen LogP contribution is 2.31. The van der Waals surface area contributed by atoms with Gasteiger partial charge >= 0.3 is 0 Å². The zero-order valence-electron chi connectivity index (χ0n) is 17.1. The van der Waals surface area contributed by atoms with Gasteiger partial charge in [-0.3, -0.25) is 9.59 Å². The molecular weight excluding hydrogens is 384 g/mol. The fourth-order valence-electron chi connectivity index (χ4n) is 4.05. The second-order valence-electron chi connectivity index (χ2n) is 7.92. The highest BCUT2D eigenvalue weighted by molar-refractivity contribution is 5.93. The first-order valence-corrected chi connectivity index (χ1v) is 10.7. The first kappa shape index (κ1) is 21.8. The van der Waals surface area contributed by atoms with Gasteiger partial charge in [0.15, 0.2) is 5.82 Å². The summed E-state index contributed by atoms with van der Waals surface area (Å²) in [5.74, 6) is 0.120. The Morgan fingerprint density at radius 3 is 2.67 bits per heavy atom. The van der Waals surface area contributed by atoms with Crippen LogP contribution in [0.1, 0.15) is 85.8 Å². The predicted octanol–water partition coefficient (Wildman–Crippen LogP) is 4.52. The molecule has 0 spiro atoms. The Bertz CT molecular complexity index is 831. The van der Waals surface area contributed by atoms with Crippen LogP contribution in [-0.2, 0) is 11.3 Å². The van der Waals surface area contributed by atoms with Crippen molar-refractivity contribution < 1.29 is 14.1 Å². The third kappa shape index (κ3) is 6.57. The standard InChI is InChI=1S/C22H28N4O4/c27-20(25-29)14-18(13-7-10-16-8-3-1-4-9-16)22-24-19(26-30-22)15-23-21(28)17-11-5-2-6-12-17/h2,5-6,11-12,16,18H,1,3-4,7-10,13-15H2,(H,23,28)/t18-/m1/s1. The van der Waals surface area contributed by atoms with E-state index in [1.54, 1.807) is 24.3 Å². The highest BCUT2D eigenvalue weighted by atomic mass is 16.5. The van der Waals surface area contributed by atoms with Gasteiger partial charge in [-0.25, -0.2) is 0 Å². The number of carbonyl (C=O) groups is 2. The summed E-state index contributed by atoms with van der Waals surface area (Å²) in [7, 11) is 0. The zero-order chi connectivity index (χ0) is 21.2. The van der Waals surface area contributed by atoms with E-state index in [-0.39, 0.29) is 24.8 Å². The van der Waals surface area contributed by atoms with Crippen LogP contribution in [0.25, 0.3) is 0 Å². The van der Waals surface area contributed by atoms with Crippen LogP contribution in [0.4, 0.5) is 0 Å². The van der Waals surface area contributed by atoms with E-state index in [9.17, 15) is 14.5 Å². The number of benzene rings is 1. The van der Waals surface area contributed by atoms with Crippen molar-refractivity contribution in [2.24, 2.45) is 11.1 Å². The van der Waals surface area contributed by atoms with Crippen LogP contribution in [0.15, 0.2) is 40.0 Å². The number of hydrogen-bond acceptors (Lipinski definition) is 6. The van der Waals surface area contributed by atoms with Gasteiger partial charge in [-0.05, 0) is 24.5 Å². The Balaban J connectivity index is 1.55. The van der Waals surface area contributed by atoms with E-state index in [4.69, 9.17) is 4.52 Å². The Hall–Kier alpha value is -2.90. The van der Waals surface area contributed by atoms with Crippen molar-refractivity contribution in [1.82, 2.24) is 15.5 Å². The molecule has 0 unspecified atom stereocenters. The quantitative estimate of drug-likeness (QED) is 0.574. The van der Waals surface area contributed by atoms with Crippen molar-refractivity contribution >= 4 is 11.8 Å². The number of nitroso groups, excluding NO2 is 1. The molecule has 160 valence electrons. The minimum absolute atomic E-state index is 0.0355. The van der Waals surface area contributed by atoms with Gasteiger partial charge in [0.25, 0.3) is 11.8 Å². The van der Waals surface area contributed by atoms with Crippen molar-refractivity contribution in [3.63, 3.8) is 0 Å². The summed E-state index contributed by atoms with van der Waals surface area (Å²) in [4.78, 5) is 38.7. The molecule has 1 N–H and O–H groups in total. The number of rotatable bonds is 10. The number of hydrogen-bond donors (Lipinski definition) is 1. The summed E-state index contributed by atoms with van der Waals surface area (Å²) < 4.78 is 5.34. The second-order valence-corrected chi connectivity index (χ2v) is 7.92. The summed E-state index contributed by atoms with van der Waals surface area (Å²) in [5.41, 5.74) is 0.546. The Labute approximate surface area is 175 Å². The van der Waals surface area contributed by atoms with Crippen LogP contribution >= 0.6 is 0 Å². The summed E-state index contributed by atoms with van der Waals surface area (Å²) in [6.07, 6.45) is 9.15. The monoisotopic (exact) mass is 412 g/mol. The van der Waals surface area contributed by atoms with Gasteiger partial charge < -0.3 is 9.84 Å². The molecule has 1 saturated carbocycles. The molecule has 1 heterocycles. The average molecular weight is 412 g/mol. The Morgan fingerprint density at radius 1 is 1.17 bits per heavy atom. The van der Waals surface area contributed by atoms with Gasteiger partial charge in [0.2, 0.25) is 5.89 Å². The second kappa shape index (κ2) is 11.3. The molecule has 0 saturated heterocycles. The predicted molar refractivity (Wildman–Crippen MR) is 110 cm³/mol. The minimum Gasteiger partial charge on any atom is -0.345 e. The van der Waals surface area contributed by atoms with E-state index in [2.05, 4.69) is 20.6 Å².